The Labute approximate surface area is 137 Å². The number of nitrogens with one attached hydrogen (secondary N) is 1. The van der Waals surface area contributed by atoms with Gasteiger partial charge in [-0.3, -0.25) is 4.90 Å². The second-order valence-electron chi connectivity index (χ2n) is 6.65. The topological polar surface area (TPSA) is 58.0 Å². The third kappa shape index (κ3) is 3.53. The first-order chi connectivity index (χ1) is 11.1. The predicted octanol–water partition coefficient (Wildman–Crippen LogP) is 1.84. The Morgan fingerprint density at radius 2 is 2.17 bits per heavy atom. The molecule has 0 unspecified atom stereocenters. The van der Waals surface area contributed by atoms with Gasteiger partial charge in [0.1, 0.15) is 11.5 Å². The smallest absolute Gasteiger partial charge is 0.317 e. The summed E-state index contributed by atoms with van der Waals surface area (Å²) in [7, 11) is 3.52. The molecule has 0 radical (unpaired) electrons. The molecule has 2 aliphatic heterocycles. The zero-order valence-corrected chi connectivity index (χ0v) is 14.2. The summed E-state index contributed by atoms with van der Waals surface area (Å²) in [5, 5.41) is 3.10. The van der Waals surface area contributed by atoms with Crippen molar-refractivity contribution in [3.8, 4) is 0 Å². The molecule has 0 spiro atoms. The minimum atomic E-state index is -0.0592. The molecule has 0 aromatic carbocycles. The molecule has 2 amide bonds. The molecule has 6 heteroatoms. The molecule has 0 saturated carbocycles. The number of rotatable bonds is 4. The van der Waals surface area contributed by atoms with Crippen LogP contribution in [-0.2, 0) is 17.7 Å². The molecule has 23 heavy (non-hydrogen) atoms. The Hall–Kier alpha value is -1.53. The van der Waals surface area contributed by atoms with E-state index in [0.29, 0.717) is 6.04 Å². The Morgan fingerprint density at radius 1 is 1.39 bits per heavy atom. The van der Waals surface area contributed by atoms with Gasteiger partial charge in [0.15, 0.2) is 0 Å². The van der Waals surface area contributed by atoms with Crippen molar-refractivity contribution in [3.05, 3.63) is 23.7 Å². The highest BCUT2D eigenvalue weighted by atomic mass is 16.5. The standard InChI is InChI=1S/C17H27N3O3/c1-4-12-7-8-13(23-12)10-20-11-14(18-17(21)19(2)3)16-15(20)6-5-9-22-16/h7-8,14-16H,4-6,9-11H2,1-3H3,(H,18,21)/t14-,15+,16+/m1/s1. The lowest BCUT2D eigenvalue weighted by molar-refractivity contribution is -0.0215. The van der Waals surface area contributed by atoms with E-state index in [1.165, 1.54) is 0 Å². The zero-order chi connectivity index (χ0) is 16.4. The van der Waals surface area contributed by atoms with Crippen molar-refractivity contribution in [2.75, 3.05) is 27.2 Å². The molecule has 1 aromatic rings. The third-order valence-corrected chi connectivity index (χ3v) is 4.77. The highest BCUT2D eigenvalue weighted by molar-refractivity contribution is 5.74. The van der Waals surface area contributed by atoms with Gasteiger partial charge in [0, 0.05) is 39.7 Å². The number of hydrogen-bond donors (Lipinski definition) is 1. The fourth-order valence-electron chi connectivity index (χ4n) is 3.55. The average molecular weight is 321 g/mol. The van der Waals surface area contributed by atoms with Gasteiger partial charge in [0.05, 0.1) is 18.7 Å². The second kappa shape index (κ2) is 6.93. The summed E-state index contributed by atoms with van der Waals surface area (Å²) in [5.74, 6) is 2.01. The van der Waals surface area contributed by atoms with E-state index in [1.54, 1.807) is 19.0 Å². The molecule has 128 valence electrons. The van der Waals surface area contributed by atoms with Gasteiger partial charge < -0.3 is 19.4 Å². The third-order valence-electron chi connectivity index (χ3n) is 4.77. The highest BCUT2D eigenvalue weighted by Crippen LogP contribution is 2.30. The van der Waals surface area contributed by atoms with E-state index < -0.39 is 0 Å². The Kier molecular flexibility index (Phi) is 4.92. The maximum atomic E-state index is 12.0. The number of carbonyl (C=O) groups excluding carboxylic acids is 1. The first kappa shape index (κ1) is 16.3. The summed E-state index contributed by atoms with van der Waals surface area (Å²) >= 11 is 0. The SMILES string of the molecule is CCc1ccc(CN2C[C@@H](NC(=O)N(C)C)[C@@H]3OCCC[C@@H]32)o1. The normalized spacial score (nSPS) is 27.7. The Morgan fingerprint density at radius 3 is 2.87 bits per heavy atom. The fourth-order valence-corrected chi connectivity index (χ4v) is 3.55. The summed E-state index contributed by atoms with van der Waals surface area (Å²) in [4.78, 5) is 16.0. The van der Waals surface area contributed by atoms with Crippen LogP contribution in [0.15, 0.2) is 16.5 Å². The Bertz CT molecular complexity index is 543. The number of furan rings is 1. The number of ether oxygens (including phenoxy) is 1. The zero-order valence-electron chi connectivity index (χ0n) is 14.2. The number of fused-ring (bicyclic) bond motifs is 1. The lowest BCUT2D eigenvalue weighted by Crippen LogP contribution is -2.50. The van der Waals surface area contributed by atoms with Crippen LogP contribution in [0.4, 0.5) is 4.79 Å². The minimum absolute atomic E-state index is 0.0378. The van der Waals surface area contributed by atoms with E-state index in [0.717, 1.165) is 50.5 Å². The van der Waals surface area contributed by atoms with Crippen LogP contribution in [0.25, 0.3) is 0 Å². The van der Waals surface area contributed by atoms with Gasteiger partial charge in [-0.05, 0) is 25.0 Å². The van der Waals surface area contributed by atoms with Crippen molar-refractivity contribution in [1.82, 2.24) is 15.1 Å². The van der Waals surface area contributed by atoms with Crippen molar-refractivity contribution < 1.29 is 13.9 Å². The quantitative estimate of drug-likeness (QED) is 0.919. The van der Waals surface area contributed by atoms with Crippen LogP contribution in [0.3, 0.4) is 0 Å². The lowest BCUT2D eigenvalue weighted by Gasteiger charge is -2.32. The summed E-state index contributed by atoms with van der Waals surface area (Å²) in [5.41, 5.74) is 0. The van der Waals surface area contributed by atoms with Gasteiger partial charge in [0.2, 0.25) is 0 Å². The molecule has 3 atom stereocenters. The summed E-state index contributed by atoms with van der Waals surface area (Å²) in [6, 6.07) is 4.44. The number of amides is 2. The first-order valence-electron chi connectivity index (χ1n) is 8.49. The molecule has 3 heterocycles. The molecule has 3 rings (SSSR count). The lowest BCUT2D eigenvalue weighted by atomic mass is 10.0. The van der Waals surface area contributed by atoms with Gasteiger partial charge >= 0.3 is 6.03 Å². The van der Waals surface area contributed by atoms with Crippen molar-refractivity contribution in [2.45, 2.75) is 50.9 Å². The number of aryl methyl sites for hydroxylation is 1. The van der Waals surface area contributed by atoms with Gasteiger partial charge in [-0.1, -0.05) is 6.92 Å². The molecular formula is C17H27N3O3. The summed E-state index contributed by atoms with van der Waals surface area (Å²) in [6.07, 6.45) is 3.18. The molecule has 1 N–H and O–H groups in total. The largest absolute Gasteiger partial charge is 0.465 e. The van der Waals surface area contributed by atoms with Crippen LogP contribution in [0.2, 0.25) is 0 Å². The maximum Gasteiger partial charge on any atom is 0.317 e. The van der Waals surface area contributed by atoms with Gasteiger partial charge in [-0.15, -0.1) is 0 Å². The molecule has 2 aliphatic rings. The molecule has 1 aromatic heterocycles. The molecule has 0 aliphatic carbocycles. The van der Waals surface area contributed by atoms with E-state index in [-0.39, 0.29) is 18.2 Å². The van der Waals surface area contributed by atoms with Crippen LogP contribution in [-0.4, -0.2) is 61.3 Å². The Balaban J connectivity index is 1.69. The fraction of sp³-hybridized carbons (Fsp3) is 0.706. The predicted molar refractivity (Wildman–Crippen MR) is 87.3 cm³/mol. The molecule has 6 nitrogen and oxygen atoms in total. The van der Waals surface area contributed by atoms with Gasteiger partial charge in [0.25, 0.3) is 0 Å². The van der Waals surface area contributed by atoms with Gasteiger partial charge in [-0.25, -0.2) is 4.79 Å². The highest BCUT2D eigenvalue weighted by Gasteiger charge is 2.44. The van der Waals surface area contributed by atoms with Crippen LogP contribution in [0.1, 0.15) is 31.3 Å². The van der Waals surface area contributed by atoms with Crippen molar-refractivity contribution in [1.29, 1.82) is 0 Å². The number of carbonyl (C=O) groups is 1. The maximum absolute atomic E-state index is 12.0. The molecule has 2 saturated heterocycles. The van der Waals surface area contributed by atoms with Crippen LogP contribution in [0.5, 0.6) is 0 Å². The first-order valence-corrected chi connectivity index (χ1v) is 8.49. The summed E-state index contributed by atoms with van der Waals surface area (Å²) < 4.78 is 11.8. The van der Waals surface area contributed by atoms with E-state index >= 15 is 0 Å². The monoisotopic (exact) mass is 321 g/mol. The number of nitrogens with zero attached hydrogens (tertiary/aromatic N) is 2. The van der Waals surface area contributed by atoms with Gasteiger partial charge in [-0.2, -0.15) is 0 Å². The number of likely N-dealkylation sites (tertiary alicyclic amines) is 1. The van der Waals surface area contributed by atoms with Crippen molar-refractivity contribution >= 4 is 6.03 Å². The minimum Gasteiger partial charge on any atom is -0.465 e. The van der Waals surface area contributed by atoms with Crippen molar-refractivity contribution in [3.63, 3.8) is 0 Å². The van der Waals surface area contributed by atoms with E-state index in [2.05, 4.69) is 23.2 Å². The number of hydrogen-bond acceptors (Lipinski definition) is 4. The van der Waals surface area contributed by atoms with Crippen LogP contribution >= 0.6 is 0 Å². The number of urea groups is 1. The van der Waals surface area contributed by atoms with E-state index in [1.807, 2.05) is 6.07 Å². The van der Waals surface area contributed by atoms with Crippen LogP contribution in [0, 0.1) is 0 Å². The second-order valence-corrected chi connectivity index (χ2v) is 6.65. The summed E-state index contributed by atoms with van der Waals surface area (Å²) in [6.45, 7) is 4.45. The van der Waals surface area contributed by atoms with E-state index in [9.17, 15) is 4.79 Å². The molecule has 2 fully saturated rings. The van der Waals surface area contributed by atoms with Crippen LogP contribution < -0.4 is 5.32 Å². The molecule has 0 bridgehead atoms. The van der Waals surface area contributed by atoms with E-state index in [4.69, 9.17) is 9.15 Å². The average Bonchev–Trinajstić information content (AvgIpc) is 3.13. The molecular weight excluding hydrogens is 294 g/mol. The van der Waals surface area contributed by atoms with Crippen molar-refractivity contribution in [2.24, 2.45) is 0 Å².